The summed E-state index contributed by atoms with van der Waals surface area (Å²) in [5, 5.41) is 0. The summed E-state index contributed by atoms with van der Waals surface area (Å²) in [7, 11) is 0. The fraction of sp³-hybridized carbons (Fsp3) is 0.656. The van der Waals surface area contributed by atoms with Gasteiger partial charge < -0.3 is 14.2 Å². The van der Waals surface area contributed by atoms with Gasteiger partial charge in [0.1, 0.15) is 13.2 Å². The lowest BCUT2D eigenvalue weighted by atomic mass is 10.1. The molecular weight excluding hydrogens is 829 g/mol. The molecule has 6 nitrogen and oxygen atoms in total. The average molecular weight is 929 g/mol. The summed E-state index contributed by atoms with van der Waals surface area (Å²) in [6, 6.07) is 0. The van der Waals surface area contributed by atoms with Gasteiger partial charge in [0.05, 0.1) is 0 Å². The molecule has 6 heteroatoms. The summed E-state index contributed by atoms with van der Waals surface area (Å²) in [6.45, 7) is 6.41. The van der Waals surface area contributed by atoms with Crippen LogP contribution < -0.4 is 0 Å². The zero-order chi connectivity index (χ0) is 48.6. The first-order valence-electron chi connectivity index (χ1n) is 27.4. The second kappa shape index (κ2) is 54.7. The van der Waals surface area contributed by atoms with Crippen LogP contribution in [-0.2, 0) is 28.6 Å². The van der Waals surface area contributed by atoms with Gasteiger partial charge in [0.15, 0.2) is 6.10 Å². The molecule has 0 aromatic heterocycles. The Hall–Kier alpha value is -3.93. The number of hydrogen-bond donors (Lipinski definition) is 0. The van der Waals surface area contributed by atoms with Gasteiger partial charge in [-0.3, -0.25) is 14.4 Å². The van der Waals surface area contributed by atoms with E-state index in [9.17, 15) is 14.4 Å². The number of carbonyl (C=O) groups is 3. The molecule has 0 spiro atoms. The molecular formula is C61H100O6. The average Bonchev–Trinajstić information content (AvgIpc) is 3.33. The predicted octanol–water partition coefficient (Wildman–Crippen LogP) is 18.3. The third kappa shape index (κ3) is 52.9. The topological polar surface area (TPSA) is 78.9 Å². The van der Waals surface area contributed by atoms with Crippen LogP contribution in [0.25, 0.3) is 0 Å². The lowest BCUT2D eigenvalue weighted by molar-refractivity contribution is -0.167. The molecule has 380 valence electrons. The molecule has 0 aliphatic heterocycles. The molecule has 0 saturated carbocycles. The van der Waals surface area contributed by atoms with Crippen LogP contribution >= 0.6 is 0 Å². The van der Waals surface area contributed by atoms with Crippen molar-refractivity contribution < 1.29 is 28.6 Å². The van der Waals surface area contributed by atoms with Crippen molar-refractivity contribution in [1.82, 2.24) is 0 Å². The first-order chi connectivity index (χ1) is 33.0. The van der Waals surface area contributed by atoms with E-state index in [0.717, 1.165) is 103 Å². The minimum atomic E-state index is -0.822. The Morgan fingerprint density at radius 1 is 0.313 bits per heavy atom. The van der Waals surface area contributed by atoms with Crippen LogP contribution in [0.4, 0.5) is 0 Å². The van der Waals surface area contributed by atoms with Gasteiger partial charge in [0, 0.05) is 19.3 Å². The summed E-state index contributed by atoms with van der Waals surface area (Å²) in [6.07, 6.45) is 73.6. The minimum Gasteiger partial charge on any atom is -0.462 e. The highest BCUT2D eigenvalue weighted by Gasteiger charge is 2.19. The highest BCUT2D eigenvalue weighted by molar-refractivity contribution is 5.71. The van der Waals surface area contributed by atoms with Crippen LogP contribution in [0.5, 0.6) is 0 Å². The van der Waals surface area contributed by atoms with E-state index >= 15 is 0 Å². The Morgan fingerprint density at radius 2 is 0.597 bits per heavy atom. The normalized spacial score (nSPS) is 12.9. The standard InChI is InChI=1S/C61H100O6/c1-4-7-10-13-16-19-22-25-28-31-34-36-39-42-45-48-51-54-60(63)66-57-58(67-61(64)55-52-49-46-43-40-37-33-30-27-24-21-18-15-12-9-6-3)56-65-59(62)53-50-47-44-41-38-35-32-29-26-23-20-17-14-11-8-5-2/h9,12,16,18-19,21,25,27-30,32,34,36-37,40,42,45,58H,4-8,10-11,13-15,17,20,22-24,26,31,33,35,38-39,41,43-44,46-57H2,1-3H3/b12-9-,19-16-,21-18-,28-25-,30-27-,32-29-,36-34-,40-37-,45-42-. The maximum absolute atomic E-state index is 12.8. The van der Waals surface area contributed by atoms with Crippen molar-refractivity contribution in [2.24, 2.45) is 0 Å². The molecule has 0 N–H and O–H groups in total. The minimum absolute atomic E-state index is 0.114. The third-order valence-corrected chi connectivity index (χ3v) is 11.2. The molecule has 0 aliphatic rings. The smallest absolute Gasteiger partial charge is 0.306 e. The van der Waals surface area contributed by atoms with Gasteiger partial charge in [-0.25, -0.2) is 0 Å². The van der Waals surface area contributed by atoms with E-state index in [0.29, 0.717) is 19.3 Å². The SMILES string of the molecule is CC/C=C\C/C=C\C/C=C\C/C=C\CCCCCC(=O)OC(COC(=O)CCC/C=C\C/C=C\C/C=C\C/C=C\CCCCC)COC(=O)CCCCCCC/C=C\CCCCCCCCC. The molecule has 0 aromatic rings. The number of allylic oxidation sites excluding steroid dienone is 18. The summed E-state index contributed by atoms with van der Waals surface area (Å²) < 4.78 is 16.8. The van der Waals surface area contributed by atoms with Crippen LogP contribution in [0.2, 0.25) is 0 Å². The molecule has 1 unspecified atom stereocenters. The van der Waals surface area contributed by atoms with E-state index < -0.39 is 6.10 Å². The Morgan fingerprint density at radius 3 is 1.03 bits per heavy atom. The van der Waals surface area contributed by atoms with Crippen LogP contribution in [0.1, 0.15) is 239 Å². The van der Waals surface area contributed by atoms with Crippen molar-refractivity contribution in [2.75, 3.05) is 13.2 Å². The molecule has 0 bridgehead atoms. The molecule has 0 aliphatic carbocycles. The van der Waals surface area contributed by atoms with Gasteiger partial charge in [-0.05, 0) is 122 Å². The van der Waals surface area contributed by atoms with E-state index in [2.05, 4.69) is 130 Å². The highest BCUT2D eigenvalue weighted by atomic mass is 16.6. The van der Waals surface area contributed by atoms with Crippen LogP contribution in [0, 0.1) is 0 Å². The van der Waals surface area contributed by atoms with Crippen LogP contribution in [0.15, 0.2) is 109 Å². The Bertz CT molecular complexity index is 1390. The second-order valence-corrected chi connectivity index (χ2v) is 17.7. The van der Waals surface area contributed by atoms with Gasteiger partial charge in [0.2, 0.25) is 0 Å². The predicted molar refractivity (Wildman–Crippen MR) is 288 cm³/mol. The number of carbonyl (C=O) groups excluding carboxylic acids is 3. The van der Waals surface area contributed by atoms with Gasteiger partial charge >= 0.3 is 17.9 Å². The first-order valence-corrected chi connectivity index (χ1v) is 27.4. The number of ether oxygens (including phenoxy) is 3. The molecule has 0 rings (SSSR count). The van der Waals surface area contributed by atoms with E-state index in [1.165, 1.54) is 83.5 Å². The zero-order valence-corrected chi connectivity index (χ0v) is 43.4. The van der Waals surface area contributed by atoms with E-state index in [1.807, 2.05) is 0 Å². The van der Waals surface area contributed by atoms with Crippen molar-refractivity contribution >= 4 is 17.9 Å². The maximum atomic E-state index is 12.8. The van der Waals surface area contributed by atoms with Crippen molar-refractivity contribution in [1.29, 1.82) is 0 Å². The third-order valence-electron chi connectivity index (χ3n) is 11.2. The van der Waals surface area contributed by atoms with Crippen molar-refractivity contribution in [3.63, 3.8) is 0 Å². The van der Waals surface area contributed by atoms with Gasteiger partial charge in [-0.1, -0.05) is 207 Å². The molecule has 1 atom stereocenters. The largest absolute Gasteiger partial charge is 0.462 e. The molecule has 0 saturated heterocycles. The first kappa shape index (κ1) is 63.1. The van der Waals surface area contributed by atoms with Crippen molar-refractivity contribution in [3.05, 3.63) is 109 Å². The number of rotatable bonds is 48. The van der Waals surface area contributed by atoms with E-state index in [1.54, 1.807) is 0 Å². The van der Waals surface area contributed by atoms with E-state index in [4.69, 9.17) is 14.2 Å². The second-order valence-electron chi connectivity index (χ2n) is 17.7. The van der Waals surface area contributed by atoms with Crippen LogP contribution in [0.3, 0.4) is 0 Å². The number of hydrogen-bond acceptors (Lipinski definition) is 6. The Labute approximate surface area is 412 Å². The summed E-state index contributed by atoms with van der Waals surface area (Å²) in [5.41, 5.74) is 0. The fourth-order valence-electron chi connectivity index (χ4n) is 7.13. The number of unbranched alkanes of at least 4 members (excludes halogenated alkanes) is 19. The van der Waals surface area contributed by atoms with Gasteiger partial charge in [-0.15, -0.1) is 0 Å². The molecule has 0 amide bonds. The Balaban J connectivity index is 4.55. The van der Waals surface area contributed by atoms with Crippen LogP contribution in [-0.4, -0.2) is 37.2 Å². The fourth-order valence-corrected chi connectivity index (χ4v) is 7.13. The van der Waals surface area contributed by atoms with Gasteiger partial charge in [0.25, 0.3) is 0 Å². The monoisotopic (exact) mass is 929 g/mol. The summed E-state index contributed by atoms with van der Waals surface area (Å²) in [4.78, 5) is 38.1. The molecule has 0 heterocycles. The lowest BCUT2D eigenvalue weighted by Gasteiger charge is -2.18. The lowest BCUT2D eigenvalue weighted by Crippen LogP contribution is -2.30. The van der Waals surface area contributed by atoms with Crippen molar-refractivity contribution in [3.8, 4) is 0 Å². The maximum Gasteiger partial charge on any atom is 0.306 e. The molecule has 67 heavy (non-hydrogen) atoms. The molecule has 0 radical (unpaired) electrons. The number of esters is 3. The van der Waals surface area contributed by atoms with E-state index in [-0.39, 0.29) is 44.0 Å². The highest BCUT2D eigenvalue weighted by Crippen LogP contribution is 2.13. The van der Waals surface area contributed by atoms with Crippen molar-refractivity contribution in [2.45, 2.75) is 245 Å². The summed E-state index contributed by atoms with van der Waals surface area (Å²) in [5.74, 6) is -1.01. The Kier molecular flexibility index (Phi) is 51.5. The quantitative estimate of drug-likeness (QED) is 0.0262. The molecule has 0 fully saturated rings. The molecule has 0 aromatic carbocycles. The summed E-state index contributed by atoms with van der Waals surface area (Å²) >= 11 is 0. The zero-order valence-electron chi connectivity index (χ0n) is 43.4. The van der Waals surface area contributed by atoms with Gasteiger partial charge in [-0.2, -0.15) is 0 Å².